The number of aryl methyl sites for hydroxylation is 2. The Morgan fingerprint density at radius 3 is 2.62 bits per heavy atom. The van der Waals surface area contributed by atoms with Crippen LogP contribution in [-0.4, -0.2) is 26.5 Å². The summed E-state index contributed by atoms with van der Waals surface area (Å²) in [4.78, 5) is 0. The molecule has 0 saturated heterocycles. The van der Waals surface area contributed by atoms with Gasteiger partial charge in [-0.3, -0.25) is 4.68 Å². The van der Waals surface area contributed by atoms with Crippen LogP contribution in [0.2, 0.25) is 0 Å². The van der Waals surface area contributed by atoms with Crippen molar-refractivity contribution in [2.75, 3.05) is 6.54 Å². The third kappa shape index (κ3) is 3.88. The molecule has 2 heterocycles. The molecule has 0 spiro atoms. The van der Waals surface area contributed by atoms with Crippen LogP contribution in [0.15, 0.2) is 18.3 Å². The summed E-state index contributed by atoms with van der Waals surface area (Å²) >= 11 is 0. The Morgan fingerprint density at radius 2 is 2.00 bits per heavy atom. The van der Waals surface area contributed by atoms with E-state index >= 15 is 0 Å². The molecule has 1 N–H and O–H groups in total. The Kier molecular flexibility index (Phi) is 5.07. The van der Waals surface area contributed by atoms with Crippen LogP contribution in [0.5, 0.6) is 0 Å². The lowest BCUT2D eigenvalue weighted by Crippen LogP contribution is -2.24. The van der Waals surface area contributed by atoms with Gasteiger partial charge in [-0.15, -0.1) is 0 Å². The monoisotopic (exact) mass is 287 g/mol. The average Bonchev–Trinajstić information content (AvgIpc) is 2.90. The zero-order valence-electron chi connectivity index (χ0n) is 13.6. The van der Waals surface area contributed by atoms with Crippen molar-refractivity contribution in [2.45, 2.75) is 53.1 Å². The molecular formula is C16H25N5. The molecule has 1 atom stereocenters. The van der Waals surface area contributed by atoms with E-state index in [1.165, 1.54) is 5.56 Å². The van der Waals surface area contributed by atoms with Crippen LogP contribution < -0.4 is 5.32 Å². The van der Waals surface area contributed by atoms with Gasteiger partial charge in [0.25, 0.3) is 0 Å². The maximum atomic E-state index is 4.65. The molecular weight excluding hydrogens is 262 g/mol. The summed E-state index contributed by atoms with van der Waals surface area (Å²) in [6.45, 7) is 11.3. The molecule has 0 saturated carbocycles. The van der Waals surface area contributed by atoms with E-state index in [4.69, 9.17) is 0 Å². The summed E-state index contributed by atoms with van der Waals surface area (Å²) < 4.78 is 2.00. The third-order valence-corrected chi connectivity index (χ3v) is 3.57. The Hall–Kier alpha value is -1.75. The van der Waals surface area contributed by atoms with E-state index in [2.05, 4.69) is 53.5 Å². The van der Waals surface area contributed by atoms with Gasteiger partial charge in [0.1, 0.15) is 0 Å². The first-order valence-electron chi connectivity index (χ1n) is 7.59. The smallest absolute Gasteiger partial charge is 0.0648 e. The normalized spacial score (nSPS) is 12.9. The predicted octanol–water partition coefficient (Wildman–Crippen LogP) is 2.76. The lowest BCUT2D eigenvalue weighted by molar-refractivity contribution is 0.504. The highest BCUT2D eigenvalue weighted by Crippen LogP contribution is 2.20. The van der Waals surface area contributed by atoms with Crippen molar-refractivity contribution < 1.29 is 0 Å². The summed E-state index contributed by atoms with van der Waals surface area (Å²) in [6, 6.07) is 4.83. The number of nitrogens with zero attached hydrogens (tertiary/aromatic N) is 4. The molecule has 2 rings (SSSR count). The molecule has 114 valence electrons. The Balaban J connectivity index is 2.23. The first kappa shape index (κ1) is 15.6. The standard InChI is InChI=1S/C16H25N5/c1-6-17-16(15-9-12(4)18-19-13(15)5)10-14-7-8-21(20-14)11(2)3/h7-9,11,16-17H,6,10H2,1-5H3. The summed E-state index contributed by atoms with van der Waals surface area (Å²) in [7, 11) is 0. The van der Waals surface area contributed by atoms with Gasteiger partial charge in [0.2, 0.25) is 0 Å². The highest BCUT2D eigenvalue weighted by Gasteiger charge is 2.16. The van der Waals surface area contributed by atoms with Gasteiger partial charge in [-0.05, 0) is 51.9 Å². The first-order valence-corrected chi connectivity index (χ1v) is 7.59. The van der Waals surface area contributed by atoms with E-state index in [0.717, 1.165) is 30.0 Å². The van der Waals surface area contributed by atoms with E-state index in [-0.39, 0.29) is 6.04 Å². The number of rotatable bonds is 6. The first-order chi connectivity index (χ1) is 10.0. The summed E-state index contributed by atoms with van der Waals surface area (Å²) in [5.74, 6) is 0. The molecule has 0 bridgehead atoms. The van der Waals surface area contributed by atoms with Gasteiger partial charge >= 0.3 is 0 Å². The molecule has 0 aliphatic carbocycles. The Morgan fingerprint density at radius 1 is 1.24 bits per heavy atom. The van der Waals surface area contributed by atoms with Gasteiger partial charge in [-0.2, -0.15) is 15.3 Å². The number of hydrogen-bond donors (Lipinski definition) is 1. The number of likely N-dealkylation sites (N-methyl/N-ethyl adjacent to an activating group) is 1. The molecule has 5 nitrogen and oxygen atoms in total. The van der Waals surface area contributed by atoms with Crippen LogP contribution in [0.25, 0.3) is 0 Å². The van der Waals surface area contributed by atoms with E-state index < -0.39 is 0 Å². The summed E-state index contributed by atoms with van der Waals surface area (Å²) in [5.41, 5.74) is 4.24. The van der Waals surface area contributed by atoms with Crippen molar-refractivity contribution in [2.24, 2.45) is 0 Å². The number of hydrogen-bond acceptors (Lipinski definition) is 4. The quantitative estimate of drug-likeness (QED) is 0.887. The maximum Gasteiger partial charge on any atom is 0.0648 e. The molecule has 2 aromatic heterocycles. The number of aromatic nitrogens is 4. The fraction of sp³-hybridized carbons (Fsp3) is 0.562. The maximum absolute atomic E-state index is 4.65. The second-order valence-corrected chi connectivity index (χ2v) is 5.72. The molecule has 0 aliphatic heterocycles. The highest BCUT2D eigenvalue weighted by molar-refractivity contribution is 5.25. The minimum atomic E-state index is 0.222. The number of nitrogens with one attached hydrogen (secondary N) is 1. The lowest BCUT2D eigenvalue weighted by atomic mass is 10.0. The predicted molar refractivity (Wildman–Crippen MR) is 84.2 cm³/mol. The Bertz CT molecular complexity index is 588. The average molecular weight is 287 g/mol. The minimum absolute atomic E-state index is 0.222. The van der Waals surface area contributed by atoms with E-state index in [1.54, 1.807) is 0 Å². The SMILES string of the molecule is CCNC(Cc1ccn(C(C)C)n1)c1cc(C)nnc1C. The highest BCUT2D eigenvalue weighted by atomic mass is 15.3. The van der Waals surface area contributed by atoms with Gasteiger partial charge in [0.15, 0.2) is 0 Å². The molecule has 5 heteroatoms. The van der Waals surface area contributed by atoms with Gasteiger partial charge in [0.05, 0.1) is 17.1 Å². The molecule has 0 aromatic carbocycles. The van der Waals surface area contributed by atoms with Crippen molar-refractivity contribution in [1.29, 1.82) is 0 Å². The van der Waals surface area contributed by atoms with E-state index in [9.17, 15) is 0 Å². The van der Waals surface area contributed by atoms with Crippen molar-refractivity contribution in [3.8, 4) is 0 Å². The molecule has 1 unspecified atom stereocenters. The Labute approximate surface area is 126 Å². The third-order valence-electron chi connectivity index (χ3n) is 3.57. The molecule has 0 fully saturated rings. The zero-order valence-corrected chi connectivity index (χ0v) is 13.6. The van der Waals surface area contributed by atoms with Gasteiger partial charge in [-0.1, -0.05) is 6.92 Å². The van der Waals surface area contributed by atoms with Crippen LogP contribution >= 0.6 is 0 Å². The fourth-order valence-electron chi connectivity index (χ4n) is 2.44. The topological polar surface area (TPSA) is 55.6 Å². The van der Waals surface area contributed by atoms with Gasteiger partial charge in [-0.25, -0.2) is 0 Å². The lowest BCUT2D eigenvalue weighted by Gasteiger charge is -2.19. The van der Waals surface area contributed by atoms with Crippen molar-refractivity contribution in [1.82, 2.24) is 25.3 Å². The molecule has 0 radical (unpaired) electrons. The molecule has 2 aromatic rings. The van der Waals surface area contributed by atoms with Gasteiger partial charge < -0.3 is 5.32 Å². The van der Waals surface area contributed by atoms with Crippen molar-refractivity contribution >= 4 is 0 Å². The van der Waals surface area contributed by atoms with Crippen molar-refractivity contribution in [3.05, 3.63) is 41.0 Å². The summed E-state index contributed by atoms with van der Waals surface area (Å²) in [6.07, 6.45) is 2.91. The van der Waals surface area contributed by atoms with Crippen LogP contribution in [0.1, 0.15) is 55.5 Å². The van der Waals surface area contributed by atoms with Gasteiger partial charge in [0, 0.05) is 24.7 Å². The summed E-state index contributed by atoms with van der Waals surface area (Å²) in [5, 5.41) is 16.5. The van der Waals surface area contributed by atoms with Crippen molar-refractivity contribution in [3.63, 3.8) is 0 Å². The van der Waals surface area contributed by atoms with Crippen LogP contribution in [0, 0.1) is 13.8 Å². The molecule has 21 heavy (non-hydrogen) atoms. The fourth-order valence-corrected chi connectivity index (χ4v) is 2.44. The van der Waals surface area contributed by atoms with Crippen LogP contribution in [0.3, 0.4) is 0 Å². The second kappa shape index (κ2) is 6.80. The molecule has 0 aliphatic rings. The van der Waals surface area contributed by atoms with E-state index in [1.807, 2.05) is 24.7 Å². The van der Waals surface area contributed by atoms with Crippen LogP contribution in [0.4, 0.5) is 0 Å². The second-order valence-electron chi connectivity index (χ2n) is 5.72. The minimum Gasteiger partial charge on any atom is -0.310 e. The largest absolute Gasteiger partial charge is 0.310 e. The van der Waals surface area contributed by atoms with Crippen LogP contribution in [-0.2, 0) is 6.42 Å². The van der Waals surface area contributed by atoms with E-state index in [0.29, 0.717) is 6.04 Å². The molecule has 0 amide bonds. The zero-order chi connectivity index (χ0) is 15.4.